The van der Waals surface area contributed by atoms with E-state index in [1.165, 1.54) is 10.6 Å². The number of sulfonamides is 1. The van der Waals surface area contributed by atoms with Crippen molar-refractivity contribution in [3.8, 4) is 0 Å². The van der Waals surface area contributed by atoms with Crippen LogP contribution >= 0.6 is 24.0 Å². The van der Waals surface area contributed by atoms with E-state index in [1.54, 1.807) is 6.07 Å². The van der Waals surface area contributed by atoms with Crippen molar-refractivity contribution >= 4 is 45.6 Å². The van der Waals surface area contributed by atoms with Crippen LogP contribution in [0.3, 0.4) is 0 Å². The molecule has 0 unspecified atom stereocenters. The van der Waals surface area contributed by atoms with Gasteiger partial charge in [-0.1, -0.05) is 17.3 Å². The molecule has 11 heteroatoms. The standard InChI is InChI=1S/C20H30N6O3S.HI/c1-4-21-20(22-15-17-5-7-19(8-6-17)24(2)3)25-10-12-26(13-11-25)30(27,28)16-18-9-14-29-23-18;/h5-9,14H,4,10-13,15-16H2,1-3H3,(H,21,22);1H. The van der Waals surface area contributed by atoms with Crippen molar-refractivity contribution in [1.82, 2.24) is 19.7 Å². The molecule has 31 heavy (non-hydrogen) atoms. The molecule has 2 aromatic rings. The van der Waals surface area contributed by atoms with E-state index in [9.17, 15) is 8.42 Å². The van der Waals surface area contributed by atoms with Crippen molar-refractivity contribution in [3.63, 3.8) is 0 Å². The highest BCUT2D eigenvalue weighted by molar-refractivity contribution is 14.0. The van der Waals surface area contributed by atoms with Crippen molar-refractivity contribution in [2.24, 2.45) is 4.99 Å². The number of benzene rings is 1. The summed E-state index contributed by atoms with van der Waals surface area (Å²) in [7, 11) is 0.617. The van der Waals surface area contributed by atoms with E-state index in [1.807, 2.05) is 21.0 Å². The summed E-state index contributed by atoms with van der Waals surface area (Å²) in [5.74, 6) is 0.670. The second kappa shape index (κ2) is 11.7. The van der Waals surface area contributed by atoms with Gasteiger partial charge in [0.25, 0.3) is 0 Å². The number of aliphatic imine (C=N–C) groups is 1. The number of anilines is 1. The van der Waals surface area contributed by atoms with Crippen LogP contribution in [0, 0.1) is 0 Å². The van der Waals surface area contributed by atoms with Crippen molar-refractivity contribution in [2.75, 3.05) is 51.7 Å². The molecule has 0 atom stereocenters. The molecule has 0 aliphatic carbocycles. The molecular formula is C20H31IN6O3S. The fourth-order valence-corrected chi connectivity index (χ4v) is 4.68. The maximum Gasteiger partial charge on any atom is 0.220 e. The van der Waals surface area contributed by atoms with Gasteiger partial charge in [0.1, 0.15) is 12.0 Å². The zero-order chi connectivity index (χ0) is 21.6. The molecule has 1 N–H and O–H groups in total. The van der Waals surface area contributed by atoms with Gasteiger partial charge in [-0.2, -0.15) is 4.31 Å². The first-order valence-corrected chi connectivity index (χ1v) is 11.7. The average molecular weight is 562 g/mol. The molecule has 9 nitrogen and oxygen atoms in total. The summed E-state index contributed by atoms with van der Waals surface area (Å²) in [6.45, 7) is 5.36. The molecule has 1 fully saturated rings. The van der Waals surface area contributed by atoms with E-state index in [-0.39, 0.29) is 29.7 Å². The van der Waals surface area contributed by atoms with E-state index in [4.69, 9.17) is 9.52 Å². The van der Waals surface area contributed by atoms with E-state index < -0.39 is 10.0 Å². The molecule has 3 rings (SSSR count). The lowest BCUT2D eigenvalue weighted by molar-refractivity contribution is 0.259. The fraction of sp³-hybridized carbons (Fsp3) is 0.500. The monoisotopic (exact) mass is 562 g/mol. The summed E-state index contributed by atoms with van der Waals surface area (Å²) in [5, 5.41) is 7.03. The first kappa shape index (κ1) is 25.4. The number of nitrogens with zero attached hydrogens (tertiary/aromatic N) is 5. The van der Waals surface area contributed by atoms with Crippen LogP contribution < -0.4 is 10.2 Å². The number of nitrogens with one attached hydrogen (secondary N) is 1. The van der Waals surface area contributed by atoms with Crippen LogP contribution in [0.5, 0.6) is 0 Å². The topological polar surface area (TPSA) is 94.3 Å². The van der Waals surface area contributed by atoms with Crippen LogP contribution in [0.1, 0.15) is 18.2 Å². The highest BCUT2D eigenvalue weighted by Crippen LogP contribution is 2.15. The Morgan fingerprint density at radius 2 is 1.84 bits per heavy atom. The molecule has 0 amide bonds. The highest BCUT2D eigenvalue weighted by Gasteiger charge is 2.28. The second-order valence-corrected chi connectivity index (χ2v) is 9.33. The van der Waals surface area contributed by atoms with Crippen molar-refractivity contribution < 1.29 is 12.9 Å². The van der Waals surface area contributed by atoms with Gasteiger partial charge in [-0.15, -0.1) is 24.0 Å². The van der Waals surface area contributed by atoms with Gasteiger partial charge in [-0.05, 0) is 24.6 Å². The Labute approximate surface area is 201 Å². The third-order valence-corrected chi connectivity index (χ3v) is 6.76. The average Bonchev–Trinajstić information content (AvgIpc) is 3.24. The minimum atomic E-state index is -3.41. The third-order valence-electron chi connectivity index (χ3n) is 4.95. The number of hydrogen-bond donors (Lipinski definition) is 1. The Morgan fingerprint density at radius 3 is 2.39 bits per heavy atom. The van der Waals surface area contributed by atoms with Crippen LogP contribution in [0.4, 0.5) is 5.69 Å². The summed E-state index contributed by atoms with van der Waals surface area (Å²) in [4.78, 5) is 8.93. The number of aromatic nitrogens is 1. The molecule has 1 aliphatic rings. The lowest BCUT2D eigenvalue weighted by Crippen LogP contribution is -2.53. The van der Waals surface area contributed by atoms with Crippen LogP contribution in [-0.2, 0) is 22.3 Å². The SMILES string of the molecule is CCNC(=NCc1ccc(N(C)C)cc1)N1CCN(S(=O)(=O)Cc2ccon2)CC1.I. The highest BCUT2D eigenvalue weighted by atomic mass is 127. The summed E-state index contributed by atoms with van der Waals surface area (Å²) >= 11 is 0. The molecule has 1 saturated heterocycles. The fourth-order valence-electron chi connectivity index (χ4n) is 3.26. The Balaban J connectivity index is 0.00000341. The quantitative estimate of drug-likeness (QED) is 0.314. The van der Waals surface area contributed by atoms with Crippen LogP contribution in [0.25, 0.3) is 0 Å². The smallest absolute Gasteiger partial charge is 0.220 e. The molecule has 0 bridgehead atoms. The first-order valence-electron chi connectivity index (χ1n) is 10.1. The van der Waals surface area contributed by atoms with Crippen LogP contribution in [0.2, 0.25) is 0 Å². The molecule has 0 radical (unpaired) electrons. The largest absolute Gasteiger partial charge is 0.378 e. The Hall–Kier alpha value is -1.86. The zero-order valence-electron chi connectivity index (χ0n) is 18.2. The minimum Gasteiger partial charge on any atom is -0.378 e. The van der Waals surface area contributed by atoms with Gasteiger partial charge in [0.2, 0.25) is 10.0 Å². The van der Waals surface area contributed by atoms with Gasteiger partial charge in [-0.3, -0.25) is 0 Å². The van der Waals surface area contributed by atoms with E-state index in [0.29, 0.717) is 38.4 Å². The molecular weight excluding hydrogens is 531 g/mol. The van der Waals surface area contributed by atoms with Gasteiger partial charge < -0.3 is 19.6 Å². The van der Waals surface area contributed by atoms with Gasteiger partial charge in [0.05, 0.1) is 12.2 Å². The minimum absolute atomic E-state index is 0. The van der Waals surface area contributed by atoms with Gasteiger partial charge in [0, 0.05) is 58.6 Å². The number of guanidine groups is 1. The lowest BCUT2D eigenvalue weighted by Gasteiger charge is -2.35. The maximum absolute atomic E-state index is 12.6. The van der Waals surface area contributed by atoms with Gasteiger partial charge in [0.15, 0.2) is 5.96 Å². The van der Waals surface area contributed by atoms with Gasteiger partial charge in [-0.25, -0.2) is 13.4 Å². The van der Waals surface area contributed by atoms with E-state index in [2.05, 4.69) is 44.5 Å². The van der Waals surface area contributed by atoms with Crippen molar-refractivity contribution in [3.05, 3.63) is 47.9 Å². The molecule has 2 heterocycles. The third kappa shape index (κ3) is 7.07. The Kier molecular flexibility index (Phi) is 9.56. The lowest BCUT2D eigenvalue weighted by atomic mass is 10.2. The molecule has 172 valence electrons. The van der Waals surface area contributed by atoms with E-state index in [0.717, 1.165) is 23.8 Å². The summed E-state index contributed by atoms with van der Waals surface area (Å²) in [5.41, 5.74) is 2.70. The summed E-state index contributed by atoms with van der Waals surface area (Å²) < 4.78 is 31.5. The van der Waals surface area contributed by atoms with Crippen molar-refractivity contribution in [1.29, 1.82) is 0 Å². The Bertz CT molecular complexity index is 924. The van der Waals surface area contributed by atoms with Crippen molar-refractivity contribution in [2.45, 2.75) is 19.2 Å². The number of halogens is 1. The predicted octanol–water partition coefficient (Wildman–Crippen LogP) is 1.97. The number of piperazine rings is 1. The van der Waals surface area contributed by atoms with Crippen LogP contribution in [0.15, 0.2) is 46.1 Å². The predicted molar refractivity (Wildman–Crippen MR) is 133 cm³/mol. The van der Waals surface area contributed by atoms with Crippen LogP contribution in [-0.4, -0.2) is 75.6 Å². The molecule has 1 aliphatic heterocycles. The zero-order valence-corrected chi connectivity index (χ0v) is 21.3. The summed E-state index contributed by atoms with van der Waals surface area (Å²) in [6, 6.07) is 9.90. The van der Waals surface area contributed by atoms with Gasteiger partial charge >= 0.3 is 0 Å². The second-order valence-electron chi connectivity index (χ2n) is 7.36. The first-order chi connectivity index (χ1) is 14.4. The molecule has 0 saturated carbocycles. The molecule has 1 aromatic carbocycles. The molecule has 1 aromatic heterocycles. The summed E-state index contributed by atoms with van der Waals surface area (Å²) in [6.07, 6.45) is 1.38. The molecule has 0 spiro atoms. The number of rotatable bonds is 7. The number of hydrogen-bond acceptors (Lipinski definition) is 6. The van der Waals surface area contributed by atoms with E-state index >= 15 is 0 Å². The normalized spacial score (nSPS) is 15.5. The maximum atomic E-state index is 12.6. The Morgan fingerprint density at radius 1 is 1.16 bits per heavy atom.